The van der Waals surface area contributed by atoms with Crippen molar-refractivity contribution in [3.8, 4) is 11.4 Å². The van der Waals surface area contributed by atoms with Crippen LogP contribution in [0.3, 0.4) is 0 Å². The van der Waals surface area contributed by atoms with Gasteiger partial charge in [0.25, 0.3) is 5.91 Å². The van der Waals surface area contributed by atoms with Gasteiger partial charge in [0.15, 0.2) is 17.5 Å². The van der Waals surface area contributed by atoms with Gasteiger partial charge in [-0.3, -0.25) is 34.7 Å². The van der Waals surface area contributed by atoms with Crippen molar-refractivity contribution in [2.24, 2.45) is 20.7 Å². The summed E-state index contributed by atoms with van der Waals surface area (Å²) < 4.78 is 5.52. The molecule has 3 rings (SSSR count). The van der Waals surface area contributed by atoms with Gasteiger partial charge in [0.05, 0.1) is 25.5 Å². The highest BCUT2D eigenvalue weighted by Gasteiger charge is 2.24. The Morgan fingerprint density at radius 1 is 1.23 bits per heavy atom. The minimum atomic E-state index is -0.736. The van der Waals surface area contributed by atoms with Crippen molar-refractivity contribution in [1.29, 1.82) is 0 Å². The van der Waals surface area contributed by atoms with Crippen LogP contribution >= 0.6 is 0 Å². The number of morpholine rings is 1. The molecule has 0 spiro atoms. The largest absolute Gasteiger partial charge is 0.378 e. The minimum absolute atomic E-state index is 0.0641. The van der Waals surface area contributed by atoms with Crippen molar-refractivity contribution in [2.45, 2.75) is 0 Å². The van der Waals surface area contributed by atoms with Gasteiger partial charge in [0, 0.05) is 56.8 Å². The van der Waals surface area contributed by atoms with E-state index in [-0.39, 0.29) is 12.2 Å². The van der Waals surface area contributed by atoms with E-state index in [2.05, 4.69) is 33.3 Å². The summed E-state index contributed by atoms with van der Waals surface area (Å²) in [6.45, 7) is 10.9. The number of nitrogens with two attached hydrogens (primary N) is 1. The van der Waals surface area contributed by atoms with Gasteiger partial charge in [-0.05, 0) is 32.6 Å². The Hall–Kier alpha value is -4.53. The molecule has 0 aliphatic carbocycles. The highest BCUT2D eigenvalue weighted by Crippen LogP contribution is 2.37. The predicted molar refractivity (Wildman–Crippen MR) is 155 cm³/mol. The zero-order valence-corrected chi connectivity index (χ0v) is 22.7. The first kappa shape index (κ1) is 30.0. The van der Waals surface area contributed by atoms with E-state index in [9.17, 15) is 9.59 Å². The number of hydrogen-bond acceptors (Lipinski definition) is 12. The van der Waals surface area contributed by atoms with E-state index >= 15 is 0 Å². The number of benzene rings is 1. The molecule has 14 heteroatoms. The van der Waals surface area contributed by atoms with Crippen LogP contribution in [0.5, 0.6) is 0 Å². The second-order valence-corrected chi connectivity index (χ2v) is 8.91. The summed E-state index contributed by atoms with van der Waals surface area (Å²) in [5, 5.41) is 8.84. The molecule has 2 aromatic rings. The van der Waals surface area contributed by atoms with Gasteiger partial charge in [-0.1, -0.05) is 12.1 Å². The summed E-state index contributed by atoms with van der Waals surface area (Å²) in [5.74, 6) is 0.353. The highest BCUT2D eigenvalue weighted by molar-refractivity contribution is 6.11. The topological polar surface area (TPSA) is 174 Å². The molecule has 1 saturated heterocycles. The lowest BCUT2D eigenvalue weighted by Gasteiger charge is -2.31. The van der Waals surface area contributed by atoms with Crippen LogP contribution in [0.15, 0.2) is 51.0 Å². The van der Waals surface area contributed by atoms with Crippen LogP contribution in [0.2, 0.25) is 0 Å². The van der Waals surface area contributed by atoms with Gasteiger partial charge in [-0.25, -0.2) is 15.4 Å². The number of aliphatic imine (C=N–C) groups is 3. The van der Waals surface area contributed by atoms with Crippen molar-refractivity contribution < 1.29 is 19.5 Å². The van der Waals surface area contributed by atoms with E-state index < -0.39 is 11.8 Å². The second kappa shape index (κ2) is 14.6. The molecular formula is C26H34N10O4. The van der Waals surface area contributed by atoms with E-state index in [1.165, 1.54) is 12.4 Å². The van der Waals surface area contributed by atoms with Gasteiger partial charge in [-0.15, -0.1) is 0 Å². The third-order valence-electron chi connectivity index (χ3n) is 6.05. The number of likely N-dealkylation sites (N-methyl/N-ethyl adjacent to an activating group) is 2. The molecule has 4 N–H and O–H groups in total. The molecule has 2 heterocycles. The molecule has 0 atom stereocenters. The van der Waals surface area contributed by atoms with Gasteiger partial charge in [0.2, 0.25) is 5.91 Å². The molecule has 1 aliphatic heterocycles. The number of hydrogen-bond donors (Lipinski definition) is 3. The zero-order valence-electron chi connectivity index (χ0n) is 22.7. The number of nitrogens with zero attached hydrogens (tertiary/aromatic N) is 8. The summed E-state index contributed by atoms with van der Waals surface area (Å²) in [6, 6.07) is 6.87. The van der Waals surface area contributed by atoms with Crippen molar-refractivity contribution in [3.63, 3.8) is 0 Å². The van der Waals surface area contributed by atoms with E-state index in [1.807, 2.05) is 30.0 Å². The predicted octanol–water partition coefficient (Wildman–Crippen LogP) is 0.897. The first-order chi connectivity index (χ1) is 19.3. The molecule has 40 heavy (non-hydrogen) atoms. The van der Waals surface area contributed by atoms with Crippen molar-refractivity contribution in [1.82, 2.24) is 20.3 Å². The maximum Gasteiger partial charge on any atom is 0.277 e. The number of amides is 2. The van der Waals surface area contributed by atoms with E-state index in [0.29, 0.717) is 73.7 Å². The fourth-order valence-corrected chi connectivity index (χ4v) is 3.86. The molecular weight excluding hydrogens is 516 g/mol. The smallest absolute Gasteiger partial charge is 0.277 e. The van der Waals surface area contributed by atoms with Gasteiger partial charge >= 0.3 is 0 Å². The average molecular weight is 551 g/mol. The van der Waals surface area contributed by atoms with Gasteiger partial charge in [-0.2, -0.15) is 0 Å². The Balaban J connectivity index is 1.86. The number of hydroxylamine groups is 1. The maximum atomic E-state index is 11.8. The van der Waals surface area contributed by atoms with Gasteiger partial charge < -0.3 is 20.3 Å². The Morgan fingerprint density at radius 2 is 1.98 bits per heavy atom. The number of aromatic nitrogens is 2. The average Bonchev–Trinajstić information content (AvgIpc) is 2.98. The summed E-state index contributed by atoms with van der Waals surface area (Å²) in [6.07, 6.45) is 2.51. The Labute approximate surface area is 232 Å². The standard InChI is InChI=1S/C26H34N10O4/c1-28-15-20(26(38)33-39)16-30-17-34(3)8-9-35(4)24-21(29-2)25(36-10-12-40-13-11-36)32-23(31-24)19-7-5-6-18(14-19)22(27)37/h5-7,14-16,39H,1-2,8-13,17H2,3-4H3,(H2,27,37)(H,33,38)/b20-15+,30-16-. The number of anilines is 2. The van der Waals surface area contributed by atoms with Gasteiger partial charge in [0.1, 0.15) is 5.69 Å². The van der Waals surface area contributed by atoms with Crippen molar-refractivity contribution in [3.05, 3.63) is 41.6 Å². The summed E-state index contributed by atoms with van der Waals surface area (Å²) in [7, 11) is 3.77. The molecule has 0 bridgehead atoms. The monoisotopic (exact) mass is 550 g/mol. The number of carbonyl (C=O) groups excluding carboxylic acids is 2. The minimum Gasteiger partial charge on any atom is -0.378 e. The summed E-state index contributed by atoms with van der Waals surface area (Å²) in [5.41, 5.74) is 8.65. The molecule has 2 amide bonds. The van der Waals surface area contributed by atoms with E-state index in [0.717, 1.165) is 0 Å². The van der Waals surface area contributed by atoms with Crippen LogP contribution in [0.25, 0.3) is 11.4 Å². The first-order valence-electron chi connectivity index (χ1n) is 12.4. The molecule has 0 unspecified atom stereocenters. The van der Waals surface area contributed by atoms with Crippen LogP contribution in [0.4, 0.5) is 17.3 Å². The normalized spacial score (nSPS) is 13.9. The molecule has 1 aromatic heterocycles. The Kier molecular flexibility index (Phi) is 10.9. The second-order valence-electron chi connectivity index (χ2n) is 8.91. The molecule has 1 aliphatic rings. The van der Waals surface area contributed by atoms with Crippen LogP contribution < -0.4 is 21.0 Å². The summed E-state index contributed by atoms with van der Waals surface area (Å²) in [4.78, 5) is 51.1. The SMILES string of the molecule is C=N/C=C(\C=N/CN(C)CCN(C)c1nc(-c2cccc(C(N)=O)c2)nc(N2CCOCC2)c1N=C)C(=O)NO. The quantitative estimate of drug-likeness (QED) is 0.142. The molecule has 0 radical (unpaired) electrons. The molecule has 1 aromatic carbocycles. The molecule has 0 saturated carbocycles. The number of ether oxygens (including phenoxy) is 1. The van der Waals surface area contributed by atoms with E-state index in [1.54, 1.807) is 23.7 Å². The Bertz CT molecular complexity index is 1290. The summed E-state index contributed by atoms with van der Waals surface area (Å²) >= 11 is 0. The fourth-order valence-electron chi connectivity index (χ4n) is 3.86. The first-order valence-corrected chi connectivity index (χ1v) is 12.4. The van der Waals surface area contributed by atoms with E-state index in [4.69, 9.17) is 25.6 Å². The third-order valence-corrected chi connectivity index (χ3v) is 6.05. The number of carbonyl (C=O) groups is 2. The Morgan fingerprint density at radius 3 is 2.62 bits per heavy atom. The molecule has 1 fully saturated rings. The maximum absolute atomic E-state index is 11.8. The zero-order chi connectivity index (χ0) is 29.1. The number of primary amides is 1. The highest BCUT2D eigenvalue weighted by atomic mass is 16.5. The molecule has 212 valence electrons. The van der Waals surface area contributed by atoms with Crippen LogP contribution in [-0.4, -0.2) is 112 Å². The lowest BCUT2D eigenvalue weighted by Crippen LogP contribution is -2.37. The fraction of sp³-hybridized carbons (Fsp3) is 0.346. The third kappa shape index (κ3) is 7.75. The van der Waals surface area contributed by atoms with Crippen molar-refractivity contribution in [2.75, 3.05) is 70.0 Å². The lowest BCUT2D eigenvalue weighted by molar-refractivity contribution is -0.124. The van der Waals surface area contributed by atoms with Crippen LogP contribution in [-0.2, 0) is 9.53 Å². The van der Waals surface area contributed by atoms with Crippen LogP contribution in [0.1, 0.15) is 10.4 Å². The van der Waals surface area contributed by atoms with Crippen molar-refractivity contribution >= 4 is 48.8 Å². The number of nitrogens with one attached hydrogen (secondary N) is 1. The lowest BCUT2D eigenvalue weighted by atomic mass is 10.1. The number of rotatable bonds is 13. The van der Waals surface area contributed by atoms with Crippen LogP contribution in [0, 0.1) is 0 Å². The molecule has 14 nitrogen and oxygen atoms in total.